The lowest BCUT2D eigenvalue weighted by atomic mass is 10.0. The number of Topliss-reactive ketones (excluding diaryl/α,β-unsaturated/α-hetero) is 1. The van der Waals surface area contributed by atoms with Crippen molar-refractivity contribution in [2.45, 2.75) is 25.0 Å². The van der Waals surface area contributed by atoms with Gasteiger partial charge in [0, 0.05) is 26.2 Å². The van der Waals surface area contributed by atoms with Gasteiger partial charge in [-0.05, 0) is 24.1 Å². The summed E-state index contributed by atoms with van der Waals surface area (Å²) in [6.45, 7) is 1.49. The Balaban J connectivity index is 1.33. The van der Waals surface area contributed by atoms with Crippen LogP contribution in [0.2, 0.25) is 0 Å². The van der Waals surface area contributed by atoms with Crippen LogP contribution in [0.5, 0.6) is 0 Å². The van der Waals surface area contributed by atoms with Crippen LogP contribution < -0.4 is 10.2 Å². The molecule has 1 aromatic carbocycles. The number of nitrogens with zero attached hydrogens (tertiary/aromatic N) is 5. The topological polar surface area (TPSA) is 93.1 Å². The molecule has 0 aliphatic carbocycles. The number of benzene rings is 1. The number of rotatable bonds is 8. The van der Waals surface area contributed by atoms with Crippen LogP contribution in [0.1, 0.15) is 23.1 Å². The highest BCUT2D eigenvalue weighted by Gasteiger charge is 2.26. The molecule has 0 unspecified atom stereocenters. The lowest BCUT2D eigenvalue weighted by molar-refractivity contribution is -0.128. The molecule has 0 spiro atoms. The van der Waals surface area contributed by atoms with E-state index in [1.807, 2.05) is 35.2 Å². The van der Waals surface area contributed by atoms with Gasteiger partial charge in [-0.15, -0.1) is 20.4 Å². The zero-order chi connectivity index (χ0) is 20.9. The first-order chi connectivity index (χ1) is 14.6. The van der Waals surface area contributed by atoms with Gasteiger partial charge in [0.1, 0.15) is 11.1 Å². The number of hydrogen-bond donors (Lipinski definition) is 1. The van der Waals surface area contributed by atoms with Crippen LogP contribution in [-0.4, -0.2) is 52.4 Å². The molecule has 0 saturated carbocycles. The Hall–Kier alpha value is -2.98. The summed E-state index contributed by atoms with van der Waals surface area (Å²) in [5, 5.41) is 20.3. The second-order valence-electron chi connectivity index (χ2n) is 6.96. The van der Waals surface area contributed by atoms with Gasteiger partial charge in [0.15, 0.2) is 11.6 Å². The molecular formula is C20H21FN6O2S. The SMILES string of the molecule is CO[C@H](C(=O)Cc1nnc(N[C@@H]2CCN(c3ccc(F)nn3)C2)s1)c1ccccc1. The Bertz CT molecular complexity index is 984. The zero-order valence-electron chi connectivity index (χ0n) is 16.4. The molecule has 1 aliphatic rings. The van der Waals surface area contributed by atoms with Gasteiger partial charge < -0.3 is 15.0 Å². The maximum atomic E-state index is 12.9. The minimum absolute atomic E-state index is 0.0617. The van der Waals surface area contributed by atoms with E-state index in [-0.39, 0.29) is 18.2 Å². The van der Waals surface area contributed by atoms with Crippen LogP contribution in [0.25, 0.3) is 0 Å². The summed E-state index contributed by atoms with van der Waals surface area (Å²) in [5.74, 6) is -0.00405. The van der Waals surface area contributed by atoms with Crippen molar-refractivity contribution in [3.05, 3.63) is 59.0 Å². The summed E-state index contributed by atoms with van der Waals surface area (Å²) in [6.07, 6.45) is 0.424. The lowest BCUT2D eigenvalue weighted by Crippen LogP contribution is -2.26. The van der Waals surface area contributed by atoms with Crippen molar-refractivity contribution < 1.29 is 13.9 Å². The Morgan fingerprint density at radius 3 is 2.80 bits per heavy atom. The Morgan fingerprint density at radius 1 is 1.23 bits per heavy atom. The van der Waals surface area contributed by atoms with E-state index in [1.165, 1.54) is 24.5 Å². The summed E-state index contributed by atoms with van der Waals surface area (Å²) < 4.78 is 18.3. The molecule has 1 aliphatic heterocycles. The molecule has 2 aromatic heterocycles. The third-order valence-corrected chi connectivity index (χ3v) is 5.73. The molecule has 0 radical (unpaired) electrons. The molecule has 3 aromatic rings. The number of methoxy groups -OCH3 is 1. The molecule has 8 nitrogen and oxygen atoms in total. The average molecular weight is 428 g/mol. The van der Waals surface area contributed by atoms with Crippen molar-refractivity contribution in [2.75, 3.05) is 30.4 Å². The monoisotopic (exact) mass is 428 g/mol. The molecule has 2 atom stereocenters. The van der Waals surface area contributed by atoms with E-state index in [0.29, 0.717) is 22.5 Å². The van der Waals surface area contributed by atoms with Crippen LogP contribution in [0, 0.1) is 5.95 Å². The Kier molecular flexibility index (Phi) is 6.24. The van der Waals surface area contributed by atoms with Gasteiger partial charge in [-0.3, -0.25) is 4.79 Å². The summed E-state index contributed by atoms with van der Waals surface area (Å²) >= 11 is 1.36. The maximum absolute atomic E-state index is 12.9. The third kappa shape index (κ3) is 4.77. The summed E-state index contributed by atoms with van der Waals surface area (Å²) in [4.78, 5) is 14.7. The van der Waals surface area contributed by atoms with Gasteiger partial charge in [0.05, 0.1) is 6.42 Å². The van der Waals surface area contributed by atoms with E-state index in [1.54, 1.807) is 6.07 Å². The first kappa shape index (κ1) is 20.3. The Labute approximate surface area is 177 Å². The summed E-state index contributed by atoms with van der Waals surface area (Å²) in [6, 6.07) is 12.5. The molecule has 156 valence electrons. The molecular weight excluding hydrogens is 407 g/mol. The van der Waals surface area contributed by atoms with Gasteiger partial charge in [-0.25, -0.2) is 0 Å². The lowest BCUT2D eigenvalue weighted by Gasteiger charge is -2.16. The van der Waals surface area contributed by atoms with Crippen LogP contribution >= 0.6 is 11.3 Å². The fourth-order valence-electron chi connectivity index (χ4n) is 3.44. The van der Waals surface area contributed by atoms with Crippen molar-refractivity contribution >= 4 is 28.1 Å². The molecule has 10 heteroatoms. The molecule has 4 rings (SSSR count). The zero-order valence-corrected chi connectivity index (χ0v) is 17.2. The van der Waals surface area contributed by atoms with Gasteiger partial charge >= 0.3 is 0 Å². The normalized spacial score (nSPS) is 17.1. The predicted molar refractivity (Wildman–Crippen MR) is 111 cm³/mol. The maximum Gasteiger partial charge on any atom is 0.233 e. The van der Waals surface area contributed by atoms with Crippen LogP contribution in [0.4, 0.5) is 15.3 Å². The second kappa shape index (κ2) is 9.23. The number of ether oxygens (including phenoxy) is 1. The van der Waals surface area contributed by atoms with Crippen LogP contribution in [0.3, 0.4) is 0 Å². The van der Waals surface area contributed by atoms with Crippen LogP contribution in [0.15, 0.2) is 42.5 Å². The average Bonchev–Trinajstić information content (AvgIpc) is 3.40. The molecule has 1 fully saturated rings. The molecule has 3 heterocycles. The number of halogens is 1. The third-order valence-electron chi connectivity index (χ3n) is 4.88. The van der Waals surface area contributed by atoms with E-state index in [0.717, 1.165) is 18.5 Å². The largest absolute Gasteiger partial charge is 0.369 e. The highest BCUT2D eigenvalue weighted by molar-refractivity contribution is 7.15. The smallest absolute Gasteiger partial charge is 0.233 e. The van der Waals surface area contributed by atoms with Gasteiger partial charge in [0.2, 0.25) is 11.1 Å². The first-order valence-electron chi connectivity index (χ1n) is 9.56. The van der Waals surface area contributed by atoms with E-state index in [2.05, 4.69) is 25.7 Å². The number of carbonyl (C=O) groups is 1. The van der Waals surface area contributed by atoms with Gasteiger partial charge in [0.25, 0.3) is 0 Å². The molecule has 30 heavy (non-hydrogen) atoms. The van der Waals surface area contributed by atoms with E-state index >= 15 is 0 Å². The van der Waals surface area contributed by atoms with Crippen molar-refractivity contribution in [3.63, 3.8) is 0 Å². The molecule has 0 amide bonds. The van der Waals surface area contributed by atoms with Gasteiger partial charge in [-0.2, -0.15) is 4.39 Å². The van der Waals surface area contributed by atoms with Crippen molar-refractivity contribution in [2.24, 2.45) is 0 Å². The summed E-state index contributed by atoms with van der Waals surface area (Å²) in [7, 11) is 1.53. The second-order valence-corrected chi connectivity index (χ2v) is 8.02. The minimum Gasteiger partial charge on any atom is -0.369 e. The summed E-state index contributed by atoms with van der Waals surface area (Å²) in [5.41, 5.74) is 0.822. The number of nitrogens with one attached hydrogen (secondary N) is 1. The fraction of sp³-hybridized carbons (Fsp3) is 0.350. The first-order valence-corrected chi connectivity index (χ1v) is 10.4. The number of aromatic nitrogens is 4. The van der Waals surface area contributed by atoms with Crippen molar-refractivity contribution in [1.82, 2.24) is 20.4 Å². The minimum atomic E-state index is -0.619. The molecule has 1 N–H and O–H groups in total. The standard InChI is InChI=1S/C20H21FN6O2S/c1-29-19(13-5-3-2-4-6-13)15(28)11-18-25-26-20(30-18)22-14-9-10-27(12-14)17-8-7-16(21)23-24-17/h2-8,14,19H,9-12H2,1H3,(H,22,26)/t14-,19+/m1/s1. The van der Waals surface area contributed by atoms with Gasteiger partial charge in [-0.1, -0.05) is 41.7 Å². The Morgan fingerprint density at radius 2 is 2.07 bits per heavy atom. The highest BCUT2D eigenvalue weighted by atomic mass is 32.1. The fourth-order valence-corrected chi connectivity index (χ4v) is 4.27. The number of anilines is 2. The molecule has 1 saturated heterocycles. The number of carbonyl (C=O) groups excluding carboxylic acids is 1. The quantitative estimate of drug-likeness (QED) is 0.585. The van der Waals surface area contributed by atoms with E-state index in [4.69, 9.17) is 4.74 Å². The predicted octanol–water partition coefficient (Wildman–Crippen LogP) is 2.66. The highest BCUT2D eigenvalue weighted by Crippen LogP contribution is 2.25. The van der Waals surface area contributed by atoms with Crippen molar-refractivity contribution in [3.8, 4) is 0 Å². The number of hydrogen-bond acceptors (Lipinski definition) is 9. The molecule has 0 bridgehead atoms. The van der Waals surface area contributed by atoms with E-state index < -0.39 is 12.1 Å². The van der Waals surface area contributed by atoms with E-state index in [9.17, 15) is 9.18 Å². The van der Waals surface area contributed by atoms with Crippen molar-refractivity contribution in [1.29, 1.82) is 0 Å². The van der Waals surface area contributed by atoms with Crippen LogP contribution in [-0.2, 0) is 16.0 Å². The number of ketones is 1.